The Morgan fingerprint density at radius 2 is 2.07 bits per heavy atom. The van der Waals surface area contributed by atoms with Crippen LogP contribution in [-0.2, 0) is 0 Å². The van der Waals surface area contributed by atoms with E-state index in [0.29, 0.717) is 0 Å². The molecule has 0 atom stereocenters. The molecule has 0 bridgehead atoms. The Balaban J connectivity index is 2.65. The minimum absolute atomic E-state index is 0.745. The third kappa shape index (κ3) is 3.22. The third-order valence-corrected chi connectivity index (χ3v) is 2.37. The Kier molecular flexibility index (Phi) is 4.80. The maximum atomic E-state index is 5.58. The highest BCUT2D eigenvalue weighted by atomic mass is 79.9. The molecule has 0 amide bonds. The average molecular weight is 259 g/mol. The van der Waals surface area contributed by atoms with Crippen molar-refractivity contribution in [2.24, 2.45) is 0 Å². The van der Waals surface area contributed by atoms with Crippen LogP contribution in [0.3, 0.4) is 0 Å². The summed E-state index contributed by atoms with van der Waals surface area (Å²) in [7, 11) is 1.65. The number of methoxy groups -OCH3 is 1. The molecule has 78 valence electrons. The molecule has 0 saturated carbocycles. The molecule has 0 aliphatic rings. The molecule has 0 aliphatic heterocycles. The van der Waals surface area contributed by atoms with E-state index in [1.807, 2.05) is 18.2 Å². The van der Waals surface area contributed by atoms with Gasteiger partial charge in [0.2, 0.25) is 0 Å². The number of ether oxygens (including phenoxy) is 2. The molecule has 2 nitrogen and oxygen atoms in total. The molecular formula is C11H15BrO2. The van der Waals surface area contributed by atoms with Crippen LogP contribution in [0.5, 0.6) is 11.5 Å². The second kappa shape index (κ2) is 5.91. The number of benzene rings is 1. The van der Waals surface area contributed by atoms with E-state index in [9.17, 15) is 0 Å². The van der Waals surface area contributed by atoms with E-state index in [4.69, 9.17) is 9.47 Å². The highest BCUT2D eigenvalue weighted by molar-refractivity contribution is 9.10. The van der Waals surface area contributed by atoms with Crippen molar-refractivity contribution in [2.75, 3.05) is 13.7 Å². The Morgan fingerprint density at radius 1 is 1.29 bits per heavy atom. The molecule has 1 aromatic rings. The fraction of sp³-hybridized carbons (Fsp3) is 0.455. The first-order valence-corrected chi connectivity index (χ1v) is 5.53. The monoisotopic (exact) mass is 258 g/mol. The molecule has 14 heavy (non-hydrogen) atoms. The molecule has 0 saturated heterocycles. The Labute approximate surface area is 93.4 Å². The predicted molar refractivity (Wildman–Crippen MR) is 61.1 cm³/mol. The summed E-state index contributed by atoms with van der Waals surface area (Å²) in [4.78, 5) is 0. The SMILES string of the molecule is CCCCOc1ccc(Br)cc1OC. The molecule has 3 heteroatoms. The highest BCUT2D eigenvalue weighted by Gasteiger charge is 2.03. The van der Waals surface area contributed by atoms with Crippen LogP contribution in [-0.4, -0.2) is 13.7 Å². The predicted octanol–water partition coefficient (Wildman–Crippen LogP) is 3.64. The van der Waals surface area contributed by atoms with Gasteiger partial charge in [-0.05, 0) is 24.6 Å². The highest BCUT2D eigenvalue weighted by Crippen LogP contribution is 2.30. The lowest BCUT2D eigenvalue weighted by Gasteiger charge is -2.10. The second-order valence-corrected chi connectivity index (χ2v) is 3.91. The lowest BCUT2D eigenvalue weighted by atomic mass is 10.3. The largest absolute Gasteiger partial charge is 0.493 e. The van der Waals surface area contributed by atoms with Crippen molar-refractivity contribution in [3.63, 3.8) is 0 Å². The zero-order valence-corrected chi connectivity index (χ0v) is 10.1. The number of halogens is 1. The van der Waals surface area contributed by atoms with E-state index in [1.54, 1.807) is 7.11 Å². The summed E-state index contributed by atoms with van der Waals surface area (Å²) in [5.74, 6) is 1.58. The lowest BCUT2D eigenvalue weighted by molar-refractivity contribution is 0.288. The number of unbranched alkanes of at least 4 members (excludes halogenated alkanes) is 1. The molecule has 0 aliphatic carbocycles. The molecule has 0 aromatic heterocycles. The van der Waals surface area contributed by atoms with Crippen LogP contribution in [0.25, 0.3) is 0 Å². The van der Waals surface area contributed by atoms with Gasteiger partial charge in [-0.3, -0.25) is 0 Å². The van der Waals surface area contributed by atoms with E-state index in [0.717, 1.165) is 35.4 Å². The van der Waals surface area contributed by atoms with Crippen molar-refractivity contribution < 1.29 is 9.47 Å². The van der Waals surface area contributed by atoms with E-state index in [-0.39, 0.29) is 0 Å². The molecule has 0 radical (unpaired) electrons. The fourth-order valence-electron chi connectivity index (χ4n) is 1.09. The minimum atomic E-state index is 0.745. The van der Waals surface area contributed by atoms with Gasteiger partial charge in [0.15, 0.2) is 11.5 Å². The summed E-state index contributed by atoms with van der Waals surface area (Å²) in [6.45, 7) is 2.89. The fourth-order valence-corrected chi connectivity index (χ4v) is 1.43. The maximum Gasteiger partial charge on any atom is 0.161 e. The zero-order chi connectivity index (χ0) is 10.4. The summed E-state index contributed by atoms with van der Waals surface area (Å²) in [6, 6.07) is 5.77. The average Bonchev–Trinajstić information content (AvgIpc) is 2.20. The summed E-state index contributed by atoms with van der Waals surface area (Å²) < 4.78 is 11.8. The molecular weight excluding hydrogens is 244 g/mol. The quantitative estimate of drug-likeness (QED) is 0.751. The molecule has 0 N–H and O–H groups in total. The van der Waals surface area contributed by atoms with Crippen molar-refractivity contribution in [3.8, 4) is 11.5 Å². The second-order valence-electron chi connectivity index (χ2n) is 3.00. The van der Waals surface area contributed by atoms with E-state index in [1.165, 1.54) is 0 Å². The molecule has 0 spiro atoms. The van der Waals surface area contributed by atoms with Crippen LogP contribution >= 0.6 is 15.9 Å². The van der Waals surface area contributed by atoms with Gasteiger partial charge in [0.1, 0.15) is 0 Å². The van der Waals surface area contributed by atoms with Crippen molar-refractivity contribution >= 4 is 15.9 Å². The van der Waals surface area contributed by atoms with E-state index < -0.39 is 0 Å². The van der Waals surface area contributed by atoms with Gasteiger partial charge in [0.25, 0.3) is 0 Å². The van der Waals surface area contributed by atoms with Gasteiger partial charge in [-0.1, -0.05) is 29.3 Å². The zero-order valence-electron chi connectivity index (χ0n) is 8.55. The third-order valence-electron chi connectivity index (χ3n) is 1.88. The van der Waals surface area contributed by atoms with Crippen molar-refractivity contribution in [2.45, 2.75) is 19.8 Å². The Morgan fingerprint density at radius 3 is 2.71 bits per heavy atom. The van der Waals surface area contributed by atoms with Crippen molar-refractivity contribution in [1.82, 2.24) is 0 Å². The first-order chi connectivity index (χ1) is 6.77. The van der Waals surface area contributed by atoms with Gasteiger partial charge >= 0.3 is 0 Å². The Hall–Kier alpha value is -0.700. The standard InChI is InChI=1S/C11H15BrO2/c1-3-4-7-14-10-6-5-9(12)8-11(10)13-2/h5-6,8H,3-4,7H2,1-2H3. The molecule has 0 unspecified atom stereocenters. The van der Waals surface area contributed by atoms with Crippen LogP contribution in [0.15, 0.2) is 22.7 Å². The van der Waals surface area contributed by atoms with Gasteiger partial charge in [-0.25, -0.2) is 0 Å². The van der Waals surface area contributed by atoms with Crippen molar-refractivity contribution in [1.29, 1.82) is 0 Å². The maximum absolute atomic E-state index is 5.58. The van der Waals surface area contributed by atoms with E-state index >= 15 is 0 Å². The minimum Gasteiger partial charge on any atom is -0.493 e. The van der Waals surface area contributed by atoms with Gasteiger partial charge in [-0.2, -0.15) is 0 Å². The molecule has 1 aromatic carbocycles. The van der Waals surface area contributed by atoms with Crippen LogP contribution in [0.2, 0.25) is 0 Å². The van der Waals surface area contributed by atoms with Crippen LogP contribution < -0.4 is 9.47 Å². The Bertz CT molecular complexity index is 287. The first-order valence-electron chi connectivity index (χ1n) is 4.74. The van der Waals surface area contributed by atoms with Crippen LogP contribution in [0.4, 0.5) is 0 Å². The smallest absolute Gasteiger partial charge is 0.161 e. The summed E-state index contributed by atoms with van der Waals surface area (Å²) >= 11 is 3.38. The van der Waals surface area contributed by atoms with Crippen LogP contribution in [0, 0.1) is 0 Å². The number of rotatable bonds is 5. The van der Waals surface area contributed by atoms with Gasteiger partial charge in [0.05, 0.1) is 13.7 Å². The number of hydrogen-bond donors (Lipinski definition) is 0. The van der Waals surface area contributed by atoms with E-state index in [2.05, 4.69) is 22.9 Å². The molecule has 0 fully saturated rings. The summed E-state index contributed by atoms with van der Waals surface area (Å²) in [5, 5.41) is 0. The number of hydrogen-bond acceptors (Lipinski definition) is 2. The molecule has 0 heterocycles. The molecule has 1 rings (SSSR count). The van der Waals surface area contributed by atoms with Gasteiger partial charge < -0.3 is 9.47 Å². The summed E-state index contributed by atoms with van der Waals surface area (Å²) in [6.07, 6.45) is 2.21. The van der Waals surface area contributed by atoms with Gasteiger partial charge in [-0.15, -0.1) is 0 Å². The topological polar surface area (TPSA) is 18.5 Å². The van der Waals surface area contributed by atoms with Gasteiger partial charge in [0, 0.05) is 4.47 Å². The normalized spacial score (nSPS) is 9.93. The lowest BCUT2D eigenvalue weighted by Crippen LogP contribution is -1.98. The summed E-state index contributed by atoms with van der Waals surface area (Å²) in [5.41, 5.74) is 0. The first kappa shape index (κ1) is 11.4. The van der Waals surface area contributed by atoms with Crippen molar-refractivity contribution in [3.05, 3.63) is 22.7 Å². The van der Waals surface area contributed by atoms with Crippen LogP contribution in [0.1, 0.15) is 19.8 Å².